The van der Waals surface area contributed by atoms with Crippen LogP contribution in [0, 0.1) is 0 Å². The van der Waals surface area contributed by atoms with Crippen LogP contribution in [0.2, 0.25) is 5.02 Å². The van der Waals surface area contributed by atoms with Crippen molar-refractivity contribution in [2.75, 3.05) is 13.2 Å². The summed E-state index contributed by atoms with van der Waals surface area (Å²) in [6.45, 7) is 5.39. The van der Waals surface area contributed by atoms with E-state index in [1.807, 2.05) is 19.1 Å². The molecule has 1 unspecified atom stereocenters. The van der Waals surface area contributed by atoms with Gasteiger partial charge in [0, 0.05) is 11.1 Å². The molecular formula is C14H17ClO2. The van der Waals surface area contributed by atoms with Crippen LogP contribution >= 0.6 is 11.6 Å². The molecule has 17 heavy (non-hydrogen) atoms. The van der Waals surface area contributed by atoms with Gasteiger partial charge in [-0.15, -0.1) is 0 Å². The van der Waals surface area contributed by atoms with Crippen molar-refractivity contribution in [3.8, 4) is 11.5 Å². The second kappa shape index (κ2) is 5.46. The molecule has 1 aliphatic heterocycles. The third-order valence-electron chi connectivity index (χ3n) is 2.92. The van der Waals surface area contributed by atoms with E-state index in [1.165, 1.54) is 0 Å². The van der Waals surface area contributed by atoms with E-state index in [4.69, 9.17) is 21.1 Å². The Hall–Kier alpha value is -1.15. The number of benzene rings is 1. The van der Waals surface area contributed by atoms with Crippen LogP contribution in [0.1, 0.15) is 31.7 Å². The van der Waals surface area contributed by atoms with Gasteiger partial charge in [0.2, 0.25) is 0 Å². The van der Waals surface area contributed by atoms with E-state index in [2.05, 4.69) is 19.1 Å². The van der Waals surface area contributed by atoms with Crippen LogP contribution in [0.4, 0.5) is 0 Å². The highest BCUT2D eigenvalue weighted by Gasteiger charge is 2.17. The SMILES string of the molecule is C/C=C\CC(C)c1cc2c(cc1Cl)OCCO2. The topological polar surface area (TPSA) is 18.5 Å². The van der Waals surface area contributed by atoms with Crippen LogP contribution in [0.3, 0.4) is 0 Å². The molecule has 0 radical (unpaired) electrons. The molecule has 2 nitrogen and oxygen atoms in total. The largest absolute Gasteiger partial charge is 0.486 e. The van der Waals surface area contributed by atoms with Gasteiger partial charge >= 0.3 is 0 Å². The van der Waals surface area contributed by atoms with Crippen molar-refractivity contribution in [2.45, 2.75) is 26.2 Å². The highest BCUT2D eigenvalue weighted by atomic mass is 35.5. The third-order valence-corrected chi connectivity index (χ3v) is 3.25. The van der Waals surface area contributed by atoms with Crippen molar-refractivity contribution in [2.24, 2.45) is 0 Å². The molecule has 2 rings (SSSR count). The predicted molar refractivity (Wildman–Crippen MR) is 70.3 cm³/mol. The standard InChI is InChI=1S/C14H17ClO2/c1-3-4-5-10(2)11-8-13-14(9-12(11)15)17-7-6-16-13/h3-4,8-10H,5-7H2,1-2H3/b4-3-. The van der Waals surface area contributed by atoms with Crippen LogP contribution in [0.15, 0.2) is 24.3 Å². The fourth-order valence-electron chi connectivity index (χ4n) is 1.92. The second-order valence-corrected chi connectivity index (χ2v) is 4.63. The molecule has 92 valence electrons. The van der Waals surface area contributed by atoms with Crippen molar-refractivity contribution in [3.63, 3.8) is 0 Å². The van der Waals surface area contributed by atoms with E-state index in [1.54, 1.807) is 0 Å². The summed E-state index contributed by atoms with van der Waals surface area (Å²) in [6, 6.07) is 3.86. The second-order valence-electron chi connectivity index (χ2n) is 4.22. The number of hydrogen-bond acceptors (Lipinski definition) is 2. The van der Waals surface area contributed by atoms with E-state index in [0.29, 0.717) is 19.1 Å². The lowest BCUT2D eigenvalue weighted by molar-refractivity contribution is 0.171. The molecule has 1 atom stereocenters. The van der Waals surface area contributed by atoms with Crippen LogP contribution in [0.25, 0.3) is 0 Å². The Bertz CT molecular complexity index is 426. The Kier molecular flexibility index (Phi) is 3.95. The zero-order valence-electron chi connectivity index (χ0n) is 10.2. The molecule has 1 heterocycles. The number of ether oxygens (including phenoxy) is 2. The highest BCUT2D eigenvalue weighted by Crippen LogP contribution is 2.38. The summed E-state index contributed by atoms with van der Waals surface area (Å²) in [6.07, 6.45) is 5.19. The fourth-order valence-corrected chi connectivity index (χ4v) is 2.26. The van der Waals surface area contributed by atoms with Crippen molar-refractivity contribution in [1.29, 1.82) is 0 Å². The minimum absolute atomic E-state index is 0.384. The molecule has 0 N–H and O–H groups in total. The van der Waals surface area contributed by atoms with Gasteiger partial charge in [-0.3, -0.25) is 0 Å². The van der Waals surface area contributed by atoms with Gasteiger partial charge in [-0.05, 0) is 30.9 Å². The highest BCUT2D eigenvalue weighted by molar-refractivity contribution is 6.31. The summed E-state index contributed by atoms with van der Waals surface area (Å²) in [5, 5.41) is 0.756. The van der Waals surface area contributed by atoms with Crippen LogP contribution in [-0.4, -0.2) is 13.2 Å². The van der Waals surface area contributed by atoms with E-state index < -0.39 is 0 Å². The average Bonchev–Trinajstić information content (AvgIpc) is 2.35. The fraction of sp³-hybridized carbons (Fsp3) is 0.429. The first-order valence-electron chi connectivity index (χ1n) is 5.92. The van der Waals surface area contributed by atoms with Crippen LogP contribution in [0.5, 0.6) is 11.5 Å². The predicted octanol–water partition coefficient (Wildman–Crippen LogP) is 4.18. The molecule has 0 aromatic heterocycles. The summed E-state index contributed by atoms with van der Waals surface area (Å²) < 4.78 is 11.1. The van der Waals surface area contributed by atoms with E-state index in [9.17, 15) is 0 Å². The van der Waals surface area contributed by atoms with Crippen molar-refractivity contribution < 1.29 is 9.47 Å². The molecule has 1 aromatic rings. The summed E-state index contributed by atoms with van der Waals surface area (Å²) in [4.78, 5) is 0. The van der Waals surface area contributed by atoms with Gasteiger partial charge in [0.15, 0.2) is 11.5 Å². The minimum Gasteiger partial charge on any atom is -0.486 e. The van der Waals surface area contributed by atoms with E-state index >= 15 is 0 Å². The molecule has 0 fully saturated rings. The first-order chi connectivity index (χ1) is 8.22. The number of halogens is 1. The molecule has 3 heteroatoms. The van der Waals surface area contributed by atoms with Gasteiger partial charge in [-0.25, -0.2) is 0 Å². The van der Waals surface area contributed by atoms with Gasteiger partial charge in [-0.1, -0.05) is 30.7 Å². The summed E-state index contributed by atoms with van der Waals surface area (Å²) in [7, 11) is 0. The van der Waals surface area contributed by atoms with E-state index in [-0.39, 0.29) is 0 Å². The Labute approximate surface area is 107 Å². The zero-order chi connectivity index (χ0) is 12.3. The number of rotatable bonds is 3. The van der Waals surface area contributed by atoms with Gasteiger partial charge in [0.25, 0.3) is 0 Å². The van der Waals surface area contributed by atoms with Crippen molar-refractivity contribution in [1.82, 2.24) is 0 Å². The first-order valence-corrected chi connectivity index (χ1v) is 6.30. The molecule has 0 amide bonds. The molecular weight excluding hydrogens is 236 g/mol. The van der Waals surface area contributed by atoms with Crippen molar-refractivity contribution in [3.05, 3.63) is 34.9 Å². The Morgan fingerprint density at radius 3 is 2.59 bits per heavy atom. The lowest BCUT2D eigenvalue weighted by Gasteiger charge is -2.21. The molecule has 1 aliphatic rings. The van der Waals surface area contributed by atoms with E-state index in [0.717, 1.165) is 28.5 Å². The molecule has 0 bridgehead atoms. The number of fused-ring (bicyclic) bond motifs is 1. The van der Waals surface area contributed by atoms with Gasteiger partial charge < -0.3 is 9.47 Å². The lowest BCUT2D eigenvalue weighted by Crippen LogP contribution is -2.15. The van der Waals surface area contributed by atoms with Gasteiger partial charge in [-0.2, -0.15) is 0 Å². The number of allylic oxidation sites excluding steroid dienone is 2. The molecule has 0 spiro atoms. The van der Waals surface area contributed by atoms with Crippen LogP contribution < -0.4 is 9.47 Å². The maximum Gasteiger partial charge on any atom is 0.162 e. The van der Waals surface area contributed by atoms with Gasteiger partial charge in [0.05, 0.1) is 0 Å². The Morgan fingerprint density at radius 2 is 1.94 bits per heavy atom. The smallest absolute Gasteiger partial charge is 0.162 e. The number of hydrogen-bond donors (Lipinski definition) is 0. The Morgan fingerprint density at radius 1 is 1.29 bits per heavy atom. The molecule has 0 saturated heterocycles. The van der Waals surface area contributed by atoms with Gasteiger partial charge in [0.1, 0.15) is 13.2 Å². The molecule has 1 aromatic carbocycles. The maximum atomic E-state index is 6.28. The third kappa shape index (κ3) is 2.75. The monoisotopic (exact) mass is 252 g/mol. The quantitative estimate of drug-likeness (QED) is 0.752. The minimum atomic E-state index is 0.384. The maximum absolute atomic E-state index is 6.28. The summed E-state index contributed by atoms with van der Waals surface area (Å²) in [5.41, 5.74) is 1.12. The average molecular weight is 253 g/mol. The first kappa shape index (κ1) is 12.3. The molecule has 0 aliphatic carbocycles. The van der Waals surface area contributed by atoms with Crippen LogP contribution in [-0.2, 0) is 0 Å². The molecule has 0 saturated carbocycles. The van der Waals surface area contributed by atoms with Crippen molar-refractivity contribution >= 4 is 11.6 Å². The lowest BCUT2D eigenvalue weighted by atomic mass is 9.97. The zero-order valence-corrected chi connectivity index (χ0v) is 11.0. The Balaban J connectivity index is 2.27. The summed E-state index contributed by atoms with van der Waals surface area (Å²) >= 11 is 6.28. The summed E-state index contributed by atoms with van der Waals surface area (Å²) in [5.74, 6) is 1.95. The normalized spacial score (nSPS) is 16.2.